The van der Waals surface area contributed by atoms with E-state index in [-0.39, 0.29) is 5.56 Å². The zero-order valence-electron chi connectivity index (χ0n) is 12.5. The third-order valence-electron chi connectivity index (χ3n) is 3.45. The van der Waals surface area contributed by atoms with E-state index in [1.54, 1.807) is 0 Å². The second-order valence-corrected chi connectivity index (χ2v) is 5.60. The van der Waals surface area contributed by atoms with Crippen molar-refractivity contribution in [1.82, 2.24) is 5.32 Å². The van der Waals surface area contributed by atoms with Gasteiger partial charge in [0.1, 0.15) is 6.04 Å². The molecule has 7 heteroatoms. The number of primary amides is 1. The van der Waals surface area contributed by atoms with E-state index >= 15 is 0 Å². The molecule has 2 aromatic carbocycles. The Hall–Kier alpha value is -2.49. The first-order valence-electron chi connectivity index (χ1n) is 7.00. The van der Waals surface area contributed by atoms with Crippen LogP contribution in [0.1, 0.15) is 22.7 Å². The van der Waals surface area contributed by atoms with Gasteiger partial charge in [-0.3, -0.25) is 10.1 Å². The third-order valence-corrected chi connectivity index (χ3v) is 3.70. The van der Waals surface area contributed by atoms with Crippen LogP contribution in [0, 0.1) is 11.3 Å². The molecule has 2 rings (SSSR count). The van der Waals surface area contributed by atoms with Gasteiger partial charge in [-0.15, -0.1) is 0 Å². The van der Waals surface area contributed by atoms with Gasteiger partial charge in [-0.2, -0.15) is 14.0 Å². The Morgan fingerprint density at radius 3 is 2.29 bits per heavy atom. The number of carbonyl (C=O) groups excluding carboxylic acids is 1. The molecule has 0 aliphatic carbocycles. The number of alkyl halides is 2. The Bertz CT molecular complexity index is 755. The van der Waals surface area contributed by atoms with E-state index in [2.05, 4.69) is 5.32 Å². The SMILES string of the molecule is N#Cc1ccc(C(NCC(F)(F)c2ccc(Cl)cc2)C(N)=O)cc1. The Balaban J connectivity index is 2.14. The molecule has 0 fully saturated rings. The quantitative estimate of drug-likeness (QED) is 0.841. The molecule has 3 N–H and O–H groups in total. The van der Waals surface area contributed by atoms with Gasteiger partial charge < -0.3 is 5.73 Å². The van der Waals surface area contributed by atoms with Crippen molar-refractivity contribution >= 4 is 17.5 Å². The minimum absolute atomic E-state index is 0.220. The van der Waals surface area contributed by atoms with Crippen LogP contribution in [0.25, 0.3) is 0 Å². The van der Waals surface area contributed by atoms with Crippen molar-refractivity contribution in [2.45, 2.75) is 12.0 Å². The maximum absolute atomic E-state index is 14.2. The largest absolute Gasteiger partial charge is 0.368 e. The first-order valence-corrected chi connectivity index (χ1v) is 7.38. The predicted octanol–water partition coefficient (Wildman–Crippen LogP) is 3.12. The van der Waals surface area contributed by atoms with Crippen molar-refractivity contribution in [3.63, 3.8) is 0 Å². The number of hydrogen-bond donors (Lipinski definition) is 2. The van der Waals surface area contributed by atoms with Crippen LogP contribution in [-0.4, -0.2) is 12.5 Å². The Morgan fingerprint density at radius 2 is 1.79 bits per heavy atom. The van der Waals surface area contributed by atoms with Gasteiger partial charge in [0.15, 0.2) is 0 Å². The molecule has 4 nitrogen and oxygen atoms in total. The molecular weight excluding hydrogens is 336 g/mol. The number of nitrogens with zero attached hydrogens (tertiary/aromatic N) is 1. The van der Waals surface area contributed by atoms with Gasteiger partial charge in [-0.1, -0.05) is 35.9 Å². The molecule has 0 saturated carbocycles. The zero-order chi connectivity index (χ0) is 17.7. The van der Waals surface area contributed by atoms with E-state index < -0.39 is 24.4 Å². The molecule has 24 heavy (non-hydrogen) atoms. The number of nitrogens with two attached hydrogens (primary N) is 1. The Kier molecular flexibility index (Phi) is 5.50. The first-order chi connectivity index (χ1) is 11.3. The van der Waals surface area contributed by atoms with Gasteiger partial charge in [0, 0.05) is 10.6 Å². The molecule has 1 unspecified atom stereocenters. The highest BCUT2D eigenvalue weighted by Crippen LogP contribution is 2.29. The van der Waals surface area contributed by atoms with Crippen molar-refractivity contribution in [1.29, 1.82) is 5.26 Å². The van der Waals surface area contributed by atoms with Gasteiger partial charge in [-0.05, 0) is 29.8 Å². The smallest absolute Gasteiger partial charge is 0.285 e. The monoisotopic (exact) mass is 349 g/mol. The minimum atomic E-state index is -3.20. The molecule has 0 bridgehead atoms. The van der Waals surface area contributed by atoms with Gasteiger partial charge >= 0.3 is 0 Å². The molecule has 124 valence electrons. The fraction of sp³-hybridized carbons (Fsp3) is 0.176. The summed E-state index contributed by atoms with van der Waals surface area (Å²) in [5, 5.41) is 11.6. The predicted molar refractivity (Wildman–Crippen MR) is 86.4 cm³/mol. The maximum atomic E-state index is 14.2. The summed E-state index contributed by atoms with van der Waals surface area (Å²) in [6.07, 6.45) is 0. The van der Waals surface area contributed by atoms with E-state index in [0.29, 0.717) is 16.1 Å². The molecule has 1 amide bonds. The lowest BCUT2D eigenvalue weighted by Crippen LogP contribution is -2.39. The van der Waals surface area contributed by atoms with Crippen LogP contribution >= 0.6 is 11.6 Å². The lowest BCUT2D eigenvalue weighted by atomic mass is 10.0. The van der Waals surface area contributed by atoms with Crippen LogP contribution in [0.3, 0.4) is 0 Å². The molecule has 0 aliphatic heterocycles. The fourth-order valence-electron chi connectivity index (χ4n) is 2.16. The Labute approximate surface area is 142 Å². The van der Waals surface area contributed by atoms with Gasteiger partial charge in [-0.25, -0.2) is 0 Å². The number of carbonyl (C=O) groups is 1. The summed E-state index contributed by atoms with van der Waals surface area (Å²) in [5.74, 6) is -3.99. The van der Waals surface area contributed by atoms with Gasteiger partial charge in [0.05, 0.1) is 18.2 Å². The third kappa shape index (κ3) is 4.28. The van der Waals surface area contributed by atoms with E-state index in [9.17, 15) is 13.6 Å². The molecule has 0 saturated heterocycles. The highest BCUT2D eigenvalue weighted by molar-refractivity contribution is 6.30. The van der Waals surface area contributed by atoms with Crippen molar-refractivity contribution in [3.05, 3.63) is 70.2 Å². The molecule has 2 aromatic rings. The number of amides is 1. The van der Waals surface area contributed by atoms with Crippen molar-refractivity contribution in [2.24, 2.45) is 5.73 Å². The van der Waals surface area contributed by atoms with Crippen LogP contribution in [0.5, 0.6) is 0 Å². The van der Waals surface area contributed by atoms with Gasteiger partial charge in [0.2, 0.25) is 5.91 Å². The number of nitriles is 1. The summed E-state index contributed by atoms with van der Waals surface area (Å²) in [5.41, 5.74) is 5.89. The summed E-state index contributed by atoms with van der Waals surface area (Å²) in [6, 6.07) is 12.0. The zero-order valence-corrected chi connectivity index (χ0v) is 13.2. The lowest BCUT2D eigenvalue weighted by Gasteiger charge is -2.22. The first kappa shape index (κ1) is 17.9. The molecule has 0 aromatic heterocycles. The summed E-state index contributed by atoms with van der Waals surface area (Å²) in [6.45, 7) is -0.776. The van der Waals surface area contributed by atoms with Crippen LogP contribution in [0.4, 0.5) is 8.78 Å². The normalized spacial score (nSPS) is 12.4. The maximum Gasteiger partial charge on any atom is 0.285 e. The second kappa shape index (κ2) is 7.39. The Morgan fingerprint density at radius 1 is 1.21 bits per heavy atom. The molecule has 0 radical (unpaired) electrons. The average molecular weight is 350 g/mol. The summed E-state index contributed by atoms with van der Waals surface area (Å²) < 4.78 is 28.5. The highest BCUT2D eigenvalue weighted by Gasteiger charge is 2.33. The summed E-state index contributed by atoms with van der Waals surface area (Å²) in [7, 11) is 0. The topological polar surface area (TPSA) is 78.9 Å². The van der Waals surface area contributed by atoms with Crippen molar-refractivity contribution < 1.29 is 13.6 Å². The lowest BCUT2D eigenvalue weighted by molar-refractivity contribution is -0.120. The summed E-state index contributed by atoms with van der Waals surface area (Å²) in [4.78, 5) is 11.6. The van der Waals surface area contributed by atoms with Crippen molar-refractivity contribution in [3.8, 4) is 6.07 Å². The fourth-order valence-corrected chi connectivity index (χ4v) is 2.28. The number of nitrogens with one attached hydrogen (secondary N) is 1. The van der Waals surface area contributed by atoms with E-state index in [1.165, 1.54) is 48.5 Å². The van der Waals surface area contributed by atoms with Gasteiger partial charge in [0.25, 0.3) is 5.92 Å². The van der Waals surface area contributed by atoms with Crippen LogP contribution in [0.15, 0.2) is 48.5 Å². The number of benzene rings is 2. The number of rotatable bonds is 6. The summed E-state index contributed by atoms with van der Waals surface area (Å²) >= 11 is 5.69. The van der Waals surface area contributed by atoms with Crippen LogP contribution in [0.2, 0.25) is 5.02 Å². The molecule has 0 heterocycles. The van der Waals surface area contributed by atoms with Crippen LogP contribution in [-0.2, 0) is 10.7 Å². The van der Waals surface area contributed by atoms with E-state index in [1.807, 2.05) is 6.07 Å². The molecule has 0 aliphatic rings. The second-order valence-electron chi connectivity index (χ2n) is 5.16. The van der Waals surface area contributed by atoms with Crippen molar-refractivity contribution in [2.75, 3.05) is 6.54 Å². The minimum Gasteiger partial charge on any atom is -0.368 e. The number of hydrogen-bond acceptors (Lipinski definition) is 3. The molecule has 1 atom stereocenters. The number of halogens is 3. The van der Waals surface area contributed by atoms with E-state index in [4.69, 9.17) is 22.6 Å². The molecule has 0 spiro atoms. The van der Waals surface area contributed by atoms with E-state index in [0.717, 1.165) is 0 Å². The van der Waals surface area contributed by atoms with Crippen LogP contribution < -0.4 is 11.1 Å². The molecular formula is C17H14ClF2N3O. The average Bonchev–Trinajstić information content (AvgIpc) is 2.55. The standard InChI is InChI=1S/C17H14ClF2N3O/c18-14-7-5-13(6-8-14)17(19,20)10-23-15(16(22)24)12-3-1-11(9-21)2-4-12/h1-8,15,23H,10H2,(H2,22,24). The highest BCUT2D eigenvalue weighted by atomic mass is 35.5.